The lowest BCUT2D eigenvalue weighted by Crippen LogP contribution is -2.07. The highest BCUT2D eigenvalue weighted by Crippen LogP contribution is 2.12. The van der Waals surface area contributed by atoms with Crippen LogP contribution in [0.25, 0.3) is 0 Å². The van der Waals surface area contributed by atoms with Crippen molar-refractivity contribution in [2.75, 3.05) is 0 Å². The molecule has 0 amide bonds. The van der Waals surface area contributed by atoms with Gasteiger partial charge in [0.25, 0.3) is 5.69 Å². The molecule has 1 aromatic carbocycles. The van der Waals surface area contributed by atoms with Gasteiger partial charge in [0.2, 0.25) is 0 Å². The summed E-state index contributed by atoms with van der Waals surface area (Å²) in [5.74, 6) is -0.807. The molecule has 0 atom stereocenters. The van der Waals surface area contributed by atoms with Crippen molar-refractivity contribution >= 4 is 17.9 Å². The quantitative estimate of drug-likeness (QED) is 0.146. The topological polar surface area (TPSA) is 86.5 Å². The van der Waals surface area contributed by atoms with E-state index in [4.69, 9.17) is 4.74 Å². The highest BCUT2D eigenvalue weighted by Gasteiger charge is 2.08. The molecule has 0 fully saturated rings. The van der Waals surface area contributed by atoms with Crippen LogP contribution in [0.3, 0.4) is 0 Å². The lowest BCUT2D eigenvalue weighted by Gasteiger charge is -2.03. The molecule has 0 aromatic heterocycles. The molecule has 1 aromatic rings. The number of nitro benzene ring substituents is 1. The second-order valence-electron chi connectivity index (χ2n) is 3.14. The molecule has 0 radical (unpaired) electrons. The molecule has 0 aliphatic carbocycles. The van der Waals surface area contributed by atoms with Gasteiger partial charge in [0, 0.05) is 12.1 Å². The van der Waals surface area contributed by atoms with Gasteiger partial charge in [-0.25, -0.2) is 4.79 Å². The number of non-ortho nitro benzene ring substituents is 1. The van der Waals surface area contributed by atoms with E-state index < -0.39 is 10.9 Å². The lowest BCUT2D eigenvalue weighted by atomic mass is 10.2. The molecule has 6 heteroatoms. The van der Waals surface area contributed by atoms with E-state index in [1.807, 2.05) is 0 Å². The summed E-state index contributed by atoms with van der Waals surface area (Å²) in [7, 11) is 0. The van der Waals surface area contributed by atoms with E-state index in [2.05, 4.69) is 6.58 Å². The number of hydrogen-bond donors (Lipinski definition) is 0. The van der Waals surface area contributed by atoms with E-state index in [0.29, 0.717) is 11.8 Å². The maximum absolute atomic E-state index is 11.1. The summed E-state index contributed by atoms with van der Waals surface area (Å²) in [6.07, 6.45) is 0.304. The SMILES string of the molecule is C=C(C=O)C(=O)OCc1ccc([N+](=O)[O-])cc1. The summed E-state index contributed by atoms with van der Waals surface area (Å²) < 4.78 is 4.74. The number of nitrogens with zero attached hydrogens (tertiary/aromatic N) is 1. The Bertz CT molecular complexity index is 463. The first-order valence-corrected chi connectivity index (χ1v) is 4.59. The predicted molar refractivity (Wildman–Crippen MR) is 58.1 cm³/mol. The maximum Gasteiger partial charge on any atom is 0.341 e. The van der Waals surface area contributed by atoms with Gasteiger partial charge in [-0.2, -0.15) is 0 Å². The van der Waals surface area contributed by atoms with Gasteiger partial charge in [-0.3, -0.25) is 14.9 Å². The molecule has 0 spiro atoms. The van der Waals surface area contributed by atoms with Crippen LogP contribution in [0.4, 0.5) is 5.69 Å². The number of ether oxygens (including phenoxy) is 1. The molecule has 0 saturated heterocycles. The molecule has 17 heavy (non-hydrogen) atoms. The van der Waals surface area contributed by atoms with Crippen LogP contribution in [-0.4, -0.2) is 17.2 Å². The Kier molecular flexibility index (Phi) is 4.10. The Balaban J connectivity index is 2.58. The van der Waals surface area contributed by atoms with Crippen molar-refractivity contribution < 1.29 is 19.2 Å². The van der Waals surface area contributed by atoms with Crippen molar-refractivity contribution in [3.8, 4) is 0 Å². The number of carbonyl (C=O) groups is 2. The average molecular weight is 235 g/mol. The molecule has 1 rings (SSSR count). The molecular weight excluding hydrogens is 226 g/mol. The van der Waals surface area contributed by atoms with E-state index in [1.165, 1.54) is 24.3 Å². The van der Waals surface area contributed by atoms with Crippen molar-refractivity contribution in [3.05, 3.63) is 52.1 Å². The second-order valence-corrected chi connectivity index (χ2v) is 3.14. The normalized spacial score (nSPS) is 9.41. The number of hydrogen-bond acceptors (Lipinski definition) is 5. The van der Waals surface area contributed by atoms with Gasteiger partial charge in [-0.15, -0.1) is 0 Å². The minimum absolute atomic E-state index is 0.0441. The zero-order chi connectivity index (χ0) is 12.8. The Morgan fingerprint density at radius 1 is 1.41 bits per heavy atom. The van der Waals surface area contributed by atoms with Gasteiger partial charge in [0.15, 0.2) is 6.29 Å². The molecule has 0 aliphatic rings. The summed E-state index contributed by atoms with van der Waals surface area (Å²) >= 11 is 0. The van der Waals surface area contributed by atoms with Crippen molar-refractivity contribution in [1.82, 2.24) is 0 Å². The number of rotatable bonds is 5. The van der Waals surface area contributed by atoms with E-state index in [9.17, 15) is 19.7 Å². The second kappa shape index (κ2) is 5.55. The fourth-order valence-corrected chi connectivity index (χ4v) is 1.00. The zero-order valence-electron chi connectivity index (χ0n) is 8.79. The van der Waals surface area contributed by atoms with Crippen LogP contribution in [0.2, 0.25) is 0 Å². The minimum atomic E-state index is -0.807. The largest absolute Gasteiger partial charge is 0.457 e. The van der Waals surface area contributed by atoms with E-state index in [0.717, 1.165) is 0 Å². The first kappa shape index (κ1) is 12.6. The fourth-order valence-electron chi connectivity index (χ4n) is 1.00. The molecule has 0 aliphatic heterocycles. The summed E-state index contributed by atoms with van der Waals surface area (Å²) in [5.41, 5.74) is 0.270. The summed E-state index contributed by atoms with van der Waals surface area (Å²) in [6.45, 7) is 3.13. The fraction of sp³-hybridized carbons (Fsp3) is 0.0909. The van der Waals surface area contributed by atoms with Gasteiger partial charge in [0.1, 0.15) is 6.61 Å². The molecule has 88 valence electrons. The molecule has 0 unspecified atom stereocenters. The lowest BCUT2D eigenvalue weighted by molar-refractivity contribution is -0.384. The summed E-state index contributed by atoms with van der Waals surface area (Å²) in [4.78, 5) is 31.1. The first-order chi connectivity index (χ1) is 8.04. The van der Waals surface area contributed by atoms with Gasteiger partial charge in [0.05, 0.1) is 10.5 Å². The minimum Gasteiger partial charge on any atom is -0.457 e. The third-order valence-corrected chi connectivity index (χ3v) is 1.92. The molecule has 0 heterocycles. The monoisotopic (exact) mass is 235 g/mol. The maximum atomic E-state index is 11.1. The third kappa shape index (κ3) is 3.53. The number of aldehydes is 1. The van der Waals surface area contributed by atoms with Gasteiger partial charge in [-0.1, -0.05) is 6.58 Å². The summed E-state index contributed by atoms with van der Waals surface area (Å²) in [5, 5.41) is 10.4. The number of nitro groups is 1. The molecule has 6 nitrogen and oxygen atoms in total. The van der Waals surface area contributed by atoms with Crippen LogP contribution in [0.5, 0.6) is 0 Å². The highest BCUT2D eigenvalue weighted by molar-refractivity contribution is 6.06. The van der Waals surface area contributed by atoms with Crippen LogP contribution >= 0.6 is 0 Å². The Labute approximate surface area is 96.7 Å². The van der Waals surface area contributed by atoms with Crippen LogP contribution < -0.4 is 0 Å². The number of carbonyl (C=O) groups excluding carboxylic acids is 2. The molecular formula is C11H9NO5. The van der Waals surface area contributed by atoms with Crippen LogP contribution in [0.15, 0.2) is 36.4 Å². The molecule has 0 saturated carbocycles. The summed E-state index contributed by atoms with van der Waals surface area (Å²) in [6, 6.07) is 5.54. The molecule has 0 bridgehead atoms. The molecule has 0 N–H and O–H groups in total. The van der Waals surface area contributed by atoms with Gasteiger partial charge in [-0.05, 0) is 17.7 Å². The third-order valence-electron chi connectivity index (χ3n) is 1.92. The van der Waals surface area contributed by atoms with E-state index in [-0.39, 0.29) is 17.9 Å². The van der Waals surface area contributed by atoms with Crippen LogP contribution in [0.1, 0.15) is 5.56 Å². The van der Waals surface area contributed by atoms with Crippen molar-refractivity contribution in [2.45, 2.75) is 6.61 Å². The van der Waals surface area contributed by atoms with E-state index in [1.54, 1.807) is 0 Å². The van der Waals surface area contributed by atoms with Crippen molar-refractivity contribution in [1.29, 1.82) is 0 Å². The standard InChI is InChI=1S/C11H9NO5/c1-8(6-13)11(14)17-7-9-2-4-10(5-3-9)12(15)16/h2-6H,1,7H2. The number of esters is 1. The smallest absolute Gasteiger partial charge is 0.341 e. The Morgan fingerprint density at radius 2 is 2.00 bits per heavy atom. The van der Waals surface area contributed by atoms with Gasteiger partial charge >= 0.3 is 5.97 Å². The Morgan fingerprint density at radius 3 is 2.47 bits per heavy atom. The number of benzene rings is 1. The van der Waals surface area contributed by atoms with E-state index >= 15 is 0 Å². The van der Waals surface area contributed by atoms with Crippen LogP contribution in [-0.2, 0) is 20.9 Å². The highest BCUT2D eigenvalue weighted by atomic mass is 16.6. The van der Waals surface area contributed by atoms with Crippen molar-refractivity contribution in [3.63, 3.8) is 0 Å². The van der Waals surface area contributed by atoms with Gasteiger partial charge < -0.3 is 4.74 Å². The predicted octanol–water partition coefficient (Wildman–Crippen LogP) is 1.39. The Hall–Kier alpha value is -2.50. The zero-order valence-corrected chi connectivity index (χ0v) is 8.79. The first-order valence-electron chi connectivity index (χ1n) is 4.59. The van der Waals surface area contributed by atoms with Crippen molar-refractivity contribution in [2.24, 2.45) is 0 Å². The van der Waals surface area contributed by atoms with Crippen LogP contribution in [0, 0.1) is 10.1 Å². The average Bonchev–Trinajstić information content (AvgIpc) is 2.35.